The van der Waals surface area contributed by atoms with Gasteiger partial charge in [0.05, 0.1) is 18.5 Å². The lowest BCUT2D eigenvalue weighted by atomic mass is 10.5. The van der Waals surface area contributed by atoms with Crippen LogP contribution in [0.3, 0.4) is 0 Å². The summed E-state index contributed by atoms with van der Waals surface area (Å²) in [5.74, 6) is -1.61. The number of hydrogen-bond acceptors (Lipinski definition) is 5. The van der Waals surface area contributed by atoms with Crippen LogP contribution in [0.15, 0.2) is 12.4 Å². The second-order valence-corrected chi connectivity index (χ2v) is 3.72. The van der Waals surface area contributed by atoms with E-state index in [0.29, 0.717) is 5.69 Å². The van der Waals surface area contributed by atoms with Crippen molar-refractivity contribution in [3.63, 3.8) is 0 Å². The summed E-state index contributed by atoms with van der Waals surface area (Å²) in [7, 11) is 0. The van der Waals surface area contributed by atoms with Crippen molar-refractivity contribution in [2.45, 2.75) is 6.54 Å². The number of carbonyl (C=O) groups is 3. The molecule has 1 aromatic rings. The largest absolute Gasteiger partial charge is 0.480 e. The minimum atomic E-state index is -1.03. The van der Waals surface area contributed by atoms with Crippen LogP contribution in [0.25, 0.3) is 0 Å². The molecule has 0 atom stereocenters. The number of nitrogens with one attached hydrogen (secondary N) is 2. The van der Waals surface area contributed by atoms with Gasteiger partial charge in [0.1, 0.15) is 13.2 Å². The molecule has 3 amide bonds. The Labute approximate surface area is 113 Å². The van der Waals surface area contributed by atoms with E-state index >= 15 is 0 Å². The van der Waals surface area contributed by atoms with E-state index in [1.165, 1.54) is 17.1 Å². The number of nitrogens with zero attached hydrogens (tertiary/aromatic N) is 2. The van der Waals surface area contributed by atoms with Gasteiger partial charge < -0.3 is 26.2 Å². The lowest BCUT2D eigenvalue weighted by Gasteiger charge is -2.05. The van der Waals surface area contributed by atoms with Crippen LogP contribution in [0.1, 0.15) is 0 Å². The Morgan fingerprint density at radius 2 is 2.20 bits per heavy atom. The highest BCUT2D eigenvalue weighted by Gasteiger charge is 2.05. The van der Waals surface area contributed by atoms with Crippen LogP contribution < -0.4 is 16.4 Å². The van der Waals surface area contributed by atoms with Gasteiger partial charge in [0.25, 0.3) is 0 Å². The second-order valence-electron chi connectivity index (χ2n) is 3.72. The summed E-state index contributed by atoms with van der Waals surface area (Å²) in [6.45, 7) is -0.146. The normalized spacial score (nSPS) is 10.0. The summed E-state index contributed by atoms with van der Waals surface area (Å²) < 4.78 is 6.02. The van der Waals surface area contributed by atoms with E-state index in [0.717, 1.165) is 0 Å². The number of carboxylic acid groups (broad SMARTS) is 1. The van der Waals surface area contributed by atoms with Crippen molar-refractivity contribution in [1.82, 2.24) is 15.1 Å². The molecular weight excluding hydrogens is 270 g/mol. The van der Waals surface area contributed by atoms with Crippen molar-refractivity contribution in [2.24, 2.45) is 5.73 Å². The summed E-state index contributed by atoms with van der Waals surface area (Å²) >= 11 is 0. The topological polar surface area (TPSA) is 149 Å². The fourth-order valence-corrected chi connectivity index (χ4v) is 1.24. The van der Waals surface area contributed by atoms with Crippen LogP contribution in [0.4, 0.5) is 10.5 Å². The second kappa shape index (κ2) is 7.74. The maximum Gasteiger partial charge on any atom is 0.325 e. The Hall–Kier alpha value is -2.62. The van der Waals surface area contributed by atoms with Crippen LogP contribution in [0, 0.1) is 0 Å². The number of carbonyl (C=O) groups excluding carboxylic acids is 2. The van der Waals surface area contributed by atoms with Gasteiger partial charge in [-0.2, -0.15) is 5.10 Å². The van der Waals surface area contributed by atoms with Gasteiger partial charge in [0.15, 0.2) is 0 Å². The molecule has 110 valence electrons. The molecule has 1 rings (SSSR count). The Balaban J connectivity index is 2.23. The molecule has 1 heterocycles. The molecule has 10 heteroatoms. The molecule has 0 aliphatic heterocycles. The highest BCUT2D eigenvalue weighted by atomic mass is 16.5. The van der Waals surface area contributed by atoms with Crippen LogP contribution >= 0.6 is 0 Å². The first-order valence-electron chi connectivity index (χ1n) is 5.62. The average Bonchev–Trinajstić information content (AvgIpc) is 2.74. The fourth-order valence-electron chi connectivity index (χ4n) is 1.24. The van der Waals surface area contributed by atoms with Gasteiger partial charge in [-0.15, -0.1) is 0 Å². The Kier molecular flexibility index (Phi) is 5.97. The number of urea groups is 1. The fraction of sp³-hybridized carbons (Fsp3) is 0.400. The molecule has 0 saturated carbocycles. The van der Waals surface area contributed by atoms with Gasteiger partial charge in [-0.05, 0) is 0 Å². The molecule has 0 fully saturated rings. The van der Waals surface area contributed by atoms with E-state index in [2.05, 4.69) is 15.7 Å². The number of anilines is 1. The van der Waals surface area contributed by atoms with Gasteiger partial charge >= 0.3 is 12.0 Å². The maximum atomic E-state index is 11.4. The number of aromatic nitrogens is 2. The van der Waals surface area contributed by atoms with Crippen molar-refractivity contribution in [3.8, 4) is 0 Å². The molecule has 0 radical (unpaired) electrons. The lowest BCUT2D eigenvalue weighted by Crippen LogP contribution is -2.32. The Bertz CT molecular complexity index is 486. The lowest BCUT2D eigenvalue weighted by molar-refractivity contribution is -0.137. The van der Waals surface area contributed by atoms with Crippen molar-refractivity contribution in [1.29, 1.82) is 0 Å². The van der Waals surface area contributed by atoms with Gasteiger partial charge in [-0.3, -0.25) is 14.3 Å². The predicted molar refractivity (Wildman–Crippen MR) is 66.9 cm³/mol. The molecule has 0 bridgehead atoms. The third kappa shape index (κ3) is 6.35. The first-order chi connectivity index (χ1) is 9.47. The van der Waals surface area contributed by atoms with Crippen molar-refractivity contribution >= 4 is 23.6 Å². The van der Waals surface area contributed by atoms with Crippen molar-refractivity contribution < 1.29 is 24.2 Å². The Morgan fingerprint density at radius 1 is 1.45 bits per heavy atom. The number of rotatable bonds is 8. The van der Waals surface area contributed by atoms with Crippen molar-refractivity contribution in [2.75, 3.05) is 25.1 Å². The molecule has 0 aromatic carbocycles. The molecular formula is C10H15N5O5. The Morgan fingerprint density at radius 3 is 2.85 bits per heavy atom. The SMILES string of the molecule is NC(=O)COCCNC(=O)Nc1cnn(CC(=O)O)c1. The number of hydrogen-bond donors (Lipinski definition) is 4. The third-order valence-electron chi connectivity index (χ3n) is 1.96. The summed E-state index contributed by atoms with van der Waals surface area (Å²) in [5.41, 5.74) is 5.22. The summed E-state index contributed by atoms with van der Waals surface area (Å²) in [5, 5.41) is 17.2. The van der Waals surface area contributed by atoms with Gasteiger partial charge in [-0.1, -0.05) is 0 Å². The van der Waals surface area contributed by atoms with E-state index in [1.807, 2.05) is 0 Å². The zero-order valence-corrected chi connectivity index (χ0v) is 10.5. The zero-order valence-electron chi connectivity index (χ0n) is 10.5. The van der Waals surface area contributed by atoms with Gasteiger partial charge in [0, 0.05) is 12.7 Å². The van der Waals surface area contributed by atoms with E-state index in [-0.39, 0.29) is 26.3 Å². The van der Waals surface area contributed by atoms with Gasteiger partial charge in [0.2, 0.25) is 5.91 Å². The van der Waals surface area contributed by atoms with Gasteiger partial charge in [-0.25, -0.2) is 4.79 Å². The number of amides is 3. The van der Waals surface area contributed by atoms with E-state index in [1.54, 1.807) is 0 Å². The van der Waals surface area contributed by atoms with E-state index in [4.69, 9.17) is 15.6 Å². The highest BCUT2D eigenvalue weighted by Crippen LogP contribution is 2.03. The van der Waals surface area contributed by atoms with Crippen LogP contribution in [0.5, 0.6) is 0 Å². The molecule has 0 aliphatic rings. The molecule has 0 aliphatic carbocycles. The first kappa shape index (κ1) is 15.4. The predicted octanol–water partition coefficient (Wildman–Crippen LogP) is -1.41. The summed E-state index contributed by atoms with van der Waals surface area (Å²) in [6, 6.07) is -0.498. The van der Waals surface area contributed by atoms with Crippen LogP contribution in [-0.4, -0.2) is 52.6 Å². The number of aliphatic carboxylic acids is 1. The minimum Gasteiger partial charge on any atom is -0.480 e. The van der Waals surface area contributed by atoms with Crippen LogP contribution in [0.2, 0.25) is 0 Å². The molecule has 10 nitrogen and oxygen atoms in total. The molecule has 0 unspecified atom stereocenters. The monoisotopic (exact) mass is 285 g/mol. The summed E-state index contributed by atoms with van der Waals surface area (Å²) in [4.78, 5) is 32.2. The van der Waals surface area contributed by atoms with Crippen molar-refractivity contribution in [3.05, 3.63) is 12.4 Å². The number of carboxylic acids is 1. The number of nitrogens with two attached hydrogens (primary N) is 1. The smallest absolute Gasteiger partial charge is 0.325 e. The highest BCUT2D eigenvalue weighted by molar-refractivity contribution is 5.88. The quantitative estimate of drug-likeness (QED) is 0.431. The molecule has 1 aromatic heterocycles. The molecule has 0 spiro atoms. The molecule has 0 saturated heterocycles. The number of ether oxygens (including phenoxy) is 1. The standard InChI is InChI=1S/C10H15N5O5/c11-8(16)6-20-2-1-12-10(19)14-7-3-13-15(4-7)5-9(17)18/h3-4H,1-2,5-6H2,(H2,11,16)(H,17,18)(H2,12,14,19). The van der Waals surface area contributed by atoms with E-state index in [9.17, 15) is 14.4 Å². The third-order valence-corrected chi connectivity index (χ3v) is 1.96. The molecule has 5 N–H and O–H groups in total. The first-order valence-corrected chi connectivity index (χ1v) is 5.62. The summed E-state index contributed by atoms with van der Waals surface area (Å²) in [6.07, 6.45) is 2.71. The maximum absolute atomic E-state index is 11.4. The van der Waals surface area contributed by atoms with Crippen LogP contribution in [-0.2, 0) is 20.9 Å². The average molecular weight is 285 g/mol. The van der Waals surface area contributed by atoms with E-state index < -0.39 is 17.9 Å². The number of primary amides is 1. The molecule has 20 heavy (non-hydrogen) atoms. The zero-order chi connectivity index (χ0) is 15.0. The minimum absolute atomic E-state index is 0.147.